The zero-order valence-electron chi connectivity index (χ0n) is 17.2. The number of nitrogens with zero attached hydrogens (tertiary/aromatic N) is 2. The number of methoxy groups -OCH3 is 1. The standard InChI is InChI=1S/C23H18N2O6S/c1-3-30-23(26)21-17-6-4-5-7-20(17)32-22(21)24-13-15-9-11-19(31-15)16-10-8-14(29-2)12-18(16)25(27)28/h4-13H,3H2,1-2H3. The van der Waals surface area contributed by atoms with Gasteiger partial charge in [-0.05, 0) is 37.3 Å². The van der Waals surface area contributed by atoms with Gasteiger partial charge in [-0.1, -0.05) is 18.2 Å². The third kappa shape index (κ3) is 4.10. The minimum absolute atomic E-state index is 0.128. The maximum Gasteiger partial charge on any atom is 0.341 e. The van der Waals surface area contributed by atoms with Crippen LogP contribution >= 0.6 is 11.3 Å². The Labute approximate surface area is 186 Å². The number of ether oxygens (including phenoxy) is 2. The molecule has 0 aliphatic rings. The molecule has 0 saturated carbocycles. The Kier molecular flexibility index (Phi) is 6.00. The van der Waals surface area contributed by atoms with E-state index in [0.717, 1.165) is 10.1 Å². The summed E-state index contributed by atoms with van der Waals surface area (Å²) in [6.07, 6.45) is 1.48. The highest BCUT2D eigenvalue weighted by atomic mass is 32.1. The highest BCUT2D eigenvalue weighted by Gasteiger charge is 2.21. The number of furan rings is 1. The summed E-state index contributed by atoms with van der Waals surface area (Å²) >= 11 is 1.37. The molecule has 0 saturated heterocycles. The van der Waals surface area contributed by atoms with E-state index in [1.54, 1.807) is 31.2 Å². The molecule has 0 amide bonds. The van der Waals surface area contributed by atoms with E-state index in [-0.39, 0.29) is 12.3 Å². The first-order chi connectivity index (χ1) is 15.5. The summed E-state index contributed by atoms with van der Waals surface area (Å²) < 4.78 is 17.0. The van der Waals surface area contributed by atoms with Crippen LogP contribution in [0.4, 0.5) is 10.7 Å². The van der Waals surface area contributed by atoms with Gasteiger partial charge in [-0.15, -0.1) is 11.3 Å². The molecule has 2 aromatic heterocycles. The second-order valence-corrected chi connectivity index (χ2v) is 7.63. The summed E-state index contributed by atoms with van der Waals surface area (Å²) in [5, 5.41) is 12.7. The summed E-state index contributed by atoms with van der Waals surface area (Å²) in [5.74, 6) is 0.649. The minimum Gasteiger partial charge on any atom is -0.497 e. The molecular formula is C23H18N2O6S. The van der Waals surface area contributed by atoms with Gasteiger partial charge in [0.1, 0.15) is 27.8 Å². The van der Waals surface area contributed by atoms with Crippen LogP contribution in [-0.4, -0.2) is 30.8 Å². The van der Waals surface area contributed by atoms with Crippen LogP contribution in [-0.2, 0) is 4.74 Å². The van der Waals surface area contributed by atoms with Crippen LogP contribution in [0.3, 0.4) is 0 Å². The Hall–Kier alpha value is -3.98. The van der Waals surface area contributed by atoms with E-state index in [1.807, 2.05) is 24.3 Å². The summed E-state index contributed by atoms with van der Waals surface area (Å²) in [4.78, 5) is 27.9. The average molecular weight is 450 g/mol. The molecule has 4 rings (SSSR count). The van der Waals surface area contributed by atoms with Gasteiger partial charge in [0, 0.05) is 10.1 Å². The van der Waals surface area contributed by atoms with Gasteiger partial charge in [0.25, 0.3) is 5.69 Å². The van der Waals surface area contributed by atoms with Crippen LogP contribution in [0.15, 0.2) is 64.0 Å². The summed E-state index contributed by atoms with van der Waals surface area (Å²) in [6.45, 7) is 2.01. The van der Waals surface area contributed by atoms with E-state index < -0.39 is 10.9 Å². The van der Waals surface area contributed by atoms with Gasteiger partial charge in [-0.25, -0.2) is 9.79 Å². The second-order valence-electron chi connectivity index (χ2n) is 6.60. The molecule has 0 aliphatic heterocycles. The predicted octanol–water partition coefficient (Wildman–Crippen LogP) is 6.01. The first kappa shape index (κ1) is 21.3. The fourth-order valence-corrected chi connectivity index (χ4v) is 4.25. The summed E-state index contributed by atoms with van der Waals surface area (Å²) in [5.41, 5.74) is 0.599. The molecule has 2 heterocycles. The highest BCUT2D eigenvalue weighted by Crippen LogP contribution is 2.38. The maximum atomic E-state index is 12.5. The lowest BCUT2D eigenvalue weighted by atomic mass is 10.1. The van der Waals surface area contributed by atoms with E-state index in [4.69, 9.17) is 13.9 Å². The van der Waals surface area contributed by atoms with Crippen molar-refractivity contribution in [3.63, 3.8) is 0 Å². The molecule has 162 valence electrons. The molecule has 0 aliphatic carbocycles. The zero-order chi connectivity index (χ0) is 22.7. The molecule has 0 radical (unpaired) electrons. The van der Waals surface area contributed by atoms with Gasteiger partial charge in [0.2, 0.25) is 0 Å². The number of carbonyl (C=O) groups is 1. The lowest BCUT2D eigenvalue weighted by molar-refractivity contribution is -0.384. The Morgan fingerprint density at radius 3 is 2.78 bits per heavy atom. The number of fused-ring (bicyclic) bond motifs is 1. The van der Waals surface area contributed by atoms with Crippen molar-refractivity contribution in [3.05, 3.63) is 76.0 Å². The fraction of sp³-hybridized carbons (Fsp3) is 0.130. The normalized spacial score (nSPS) is 11.2. The quantitative estimate of drug-likeness (QED) is 0.148. The molecule has 0 unspecified atom stereocenters. The van der Waals surface area contributed by atoms with Crippen molar-refractivity contribution >= 4 is 44.3 Å². The molecule has 9 heteroatoms. The van der Waals surface area contributed by atoms with Crippen molar-refractivity contribution in [3.8, 4) is 17.1 Å². The third-order valence-electron chi connectivity index (χ3n) is 4.66. The number of carbonyl (C=O) groups excluding carboxylic acids is 1. The lowest BCUT2D eigenvalue weighted by Crippen LogP contribution is -2.03. The summed E-state index contributed by atoms with van der Waals surface area (Å²) in [7, 11) is 1.44. The fourth-order valence-electron chi connectivity index (χ4n) is 3.21. The van der Waals surface area contributed by atoms with E-state index in [2.05, 4.69) is 4.99 Å². The number of rotatable bonds is 7. The highest BCUT2D eigenvalue weighted by molar-refractivity contribution is 7.23. The van der Waals surface area contributed by atoms with Crippen LogP contribution < -0.4 is 4.74 Å². The van der Waals surface area contributed by atoms with Crippen LogP contribution in [0.1, 0.15) is 23.0 Å². The van der Waals surface area contributed by atoms with E-state index in [1.165, 1.54) is 30.7 Å². The van der Waals surface area contributed by atoms with E-state index >= 15 is 0 Å². The topological polar surface area (TPSA) is 104 Å². The van der Waals surface area contributed by atoms with Gasteiger partial charge in [0.15, 0.2) is 0 Å². The number of hydrogen-bond acceptors (Lipinski definition) is 8. The monoisotopic (exact) mass is 450 g/mol. The number of thiophene rings is 1. The Balaban J connectivity index is 1.69. The van der Waals surface area contributed by atoms with E-state index in [9.17, 15) is 14.9 Å². The number of aliphatic imine (C=N–C) groups is 1. The van der Waals surface area contributed by atoms with Crippen molar-refractivity contribution in [2.45, 2.75) is 6.92 Å². The van der Waals surface area contributed by atoms with Crippen LogP contribution in [0.5, 0.6) is 5.75 Å². The molecule has 8 nitrogen and oxygen atoms in total. The molecule has 0 spiro atoms. The first-order valence-electron chi connectivity index (χ1n) is 9.67. The Bertz CT molecular complexity index is 1340. The van der Waals surface area contributed by atoms with Crippen molar-refractivity contribution in [1.82, 2.24) is 0 Å². The molecule has 0 N–H and O–H groups in total. The number of esters is 1. The number of hydrogen-bond donors (Lipinski definition) is 0. The van der Waals surface area contributed by atoms with Crippen molar-refractivity contribution < 1.29 is 23.6 Å². The van der Waals surface area contributed by atoms with Crippen LogP contribution in [0, 0.1) is 10.1 Å². The maximum absolute atomic E-state index is 12.5. The van der Waals surface area contributed by atoms with Gasteiger partial charge < -0.3 is 13.9 Å². The smallest absolute Gasteiger partial charge is 0.341 e. The van der Waals surface area contributed by atoms with Crippen molar-refractivity contribution in [2.24, 2.45) is 4.99 Å². The van der Waals surface area contributed by atoms with Crippen molar-refractivity contribution in [1.29, 1.82) is 0 Å². The second kappa shape index (κ2) is 9.03. The molecule has 0 atom stereocenters. The molecule has 2 aromatic carbocycles. The van der Waals surface area contributed by atoms with Gasteiger partial charge in [-0.2, -0.15) is 0 Å². The largest absolute Gasteiger partial charge is 0.497 e. The lowest BCUT2D eigenvalue weighted by Gasteiger charge is -2.03. The van der Waals surface area contributed by atoms with Gasteiger partial charge in [0.05, 0.1) is 36.5 Å². The van der Waals surface area contributed by atoms with Gasteiger partial charge in [-0.3, -0.25) is 10.1 Å². The predicted molar refractivity (Wildman–Crippen MR) is 122 cm³/mol. The molecule has 4 aromatic rings. The SMILES string of the molecule is CCOC(=O)c1c(N=Cc2ccc(-c3ccc(OC)cc3[N+](=O)[O-])o2)sc2ccccc12. The molecule has 0 bridgehead atoms. The Morgan fingerprint density at radius 1 is 1.22 bits per heavy atom. The zero-order valence-corrected chi connectivity index (χ0v) is 18.0. The van der Waals surface area contributed by atoms with Crippen molar-refractivity contribution in [2.75, 3.05) is 13.7 Å². The average Bonchev–Trinajstić information content (AvgIpc) is 3.41. The van der Waals surface area contributed by atoms with Crippen LogP contribution in [0.25, 0.3) is 21.4 Å². The number of benzene rings is 2. The minimum atomic E-state index is -0.489. The number of nitro benzene ring substituents is 1. The van der Waals surface area contributed by atoms with Gasteiger partial charge >= 0.3 is 5.97 Å². The first-order valence-corrected chi connectivity index (χ1v) is 10.5. The van der Waals surface area contributed by atoms with E-state index in [0.29, 0.717) is 33.4 Å². The Morgan fingerprint density at radius 2 is 2.03 bits per heavy atom. The molecule has 0 fully saturated rings. The third-order valence-corrected chi connectivity index (χ3v) is 5.74. The van der Waals surface area contributed by atoms with Crippen LogP contribution in [0.2, 0.25) is 0 Å². The molecular weight excluding hydrogens is 432 g/mol. The molecule has 32 heavy (non-hydrogen) atoms. The summed E-state index contributed by atoms with van der Waals surface area (Å²) in [6, 6.07) is 15.3. The number of nitro groups is 1.